The van der Waals surface area contributed by atoms with Crippen molar-refractivity contribution < 1.29 is 9.59 Å². The van der Waals surface area contributed by atoms with Gasteiger partial charge in [-0.05, 0) is 42.7 Å². The molecule has 0 radical (unpaired) electrons. The summed E-state index contributed by atoms with van der Waals surface area (Å²) in [5.41, 5.74) is 1.33. The number of anilines is 1. The number of hydrogen-bond donors (Lipinski definition) is 2. The van der Waals surface area contributed by atoms with Crippen molar-refractivity contribution in [2.45, 2.75) is 26.3 Å². The fraction of sp³-hybridized carbons (Fsp3) is 0.333. The number of carbonyl (C=O) groups is 2. The van der Waals surface area contributed by atoms with Gasteiger partial charge in [0.25, 0.3) is 0 Å². The molecule has 0 saturated carbocycles. The van der Waals surface area contributed by atoms with Gasteiger partial charge in [0.15, 0.2) is 0 Å². The largest absolute Gasteiger partial charge is 0.352 e. The van der Waals surface area contributed by atoms with E-state index in [-0.39, 0.29) is 11.9 Å². The van der Waals surface area contributed by atoms with Crippen LogP contribution in [-0.2, 0) is 11.3 Å². The Bertz CT molecular complexity index is 785. The van der Waals surface area contributed by atoms with Gasteiger partial charge in [0, 0.05) is 35.8 Å². The van der Waals surface area contributed by atoms with E-state index in [9.17, 15) is 9.59 Å². The van der Waals surface area contributed by atoms with Crippen LogP contribution in [0.2, 0.25) is 5.02 Å². The number of piperidine rings is 1. The Hall–Kier alpha value is -2.53. The van der Waals surface area contributed by atoms with E-state index in [0.29, 0.717) is 43.2 Å². The van der Waals surface area contributed by atoms with Gasteiger partial charge in [0.05, 0.1) is 0 Å². The molecule has 2 aromatic rings. The van der Waals surface area contributed by atoms with Gasteiger partial charge in [-0.3, -0.25) is 4.79 Å². The lowest BCUT2D eigenvalue weighted by Gasteiger charge is -2.38. The second-order valence-electron chi connectivity index (χ2n) is 7.15. The zero-order valence-electron chi connectivity index (χ0n) is 15.4. The average molecular weight is 386 g/mol. The van der Waals surface area contributed by atoms with E-state index in [2.05, 4.69) is 10.6 Å². The number of hydrogen-bond acceptors (Lipinski definition) is 2. The van der Waals surface area contributed by atoms with Gasteiger partial charge in [0.1, 0.15) is 0 Å². The van der Waals surface area contributed by atoms with Crippen LogP contribution in [0.4, 0.5) is 10.5 Å². The Morgan fingerprint density at radius 3 is 2.30 bits per heavy atom. The highest BCUT2D eigenvalue weighted by atomic mass is 35.5. The van der Waals surface area contributed by atoms with Crippen LogP contribution in [0.3, 0.4) is 0 Å². The molecule has 1 aliphatic rings. The molecule has 0 bridgehead atoms. The smallest absolute Gasteiger partial charge is 0.321 e. The van der Waals surface area contributed by atoms with Crippen LogP contribution in [0.5, 0.6) is 0 Å². The molecule has 27 heavy (non-hydrogen) atoms. The van der Waals surface area contributed by atoms with Crippen LogP contribution in [0.25, 0.3) is 0 Å². The molecule has 1 heterocycles. The van der Waals surface area contributed by atoms with E-state index < -0.39 is 5.41 Å². The predicted molar refractivity (Wildman–Crippen MR) is 108 cm³/mol. The monoisotopic (exact) mass is 385 g/mol. The lowest BCUT2D eigenvalue weighted by Crippen LogP contribution is -2.49. The molecule has 5 nitrogen and oxygen atoms in total. The van der Waals surface area contributed by atoms with Crippen LogP contribution in [0.1, 0.15) is 25.3 Å². The van der Waals surface area contributed by atoms with Gasteiger partial charge in [-0.25, -0.2) is 4.79 Å². The van der Waals surface area contributed by atoms with Crippen molar-refractivity contribution in [2.24, 2.45) is 5.41 Å². The van der Waals surface area contributed by atoms with E-state index >= 15 is 0 Å². The van der Waals surface area contributed by atoms with Crippen molar-refractivity contribution in [1.29, 1.82) is 0 Å². The zero-order chi connectivity index (χ0) is 19.3. The molecule has 0 unspecified atom stereocenters. The zero-order valence-corrected chi connectivity index (χ0v) is 16.1. The minimum atomic E-state index is -0.453. The van der Waals surface area contributed by atoms with E-state index in [0.717, 1.165) is 5.56 Å². The number of likely N-dealkylation sites (tertiary alicyclic amines) is 1. The summed E-state index contributed by atoms with van der Waals surface area (Å²) in [4.78, 5) is 26.8. The molecule has 0 atom stereocenters. The number of urea groups is 1. The van der Waals surface area contributed by atoms with Crippen LogP contribution in [-0.4, -0.2) is 29.9 Å². The molecule has 2 N–H and O–H groups in total. The van der Waals surface area contributed by atoms with Crippen molar-refractivity contribution in [1.82, 2.24) is 10.2 Å². The van der Waals surface area contributed by atoms with Gasteiger partial charge < -0.3 is 15.5 Å². The first-order valence-corrected chi connectivity index (χ1v) is 9.48. The summed E-state index contributed by atoms with van der Waals surface area (Å²) in [5.74, 6) is 0.0455. The van der Waals surface area contributed by atoms with Crippen molar-refractivity contribution in [3.8, 4) is 0 Å². The fourth-order valence-corrected chi connectivity index (χ4v) is 3.28. The topological polar surface area (TPSA) is 61.4 Å². The van der Waals surface area contributed by atoms with Crippen LogP contribution in [0.15, 0.2) is 54.6 Å². The Kier molecular flexibility index (Phi) is 6.01. The van der Waals surface area contributed by atoms with Crippen LogP contribution >= 0.6 is 11.6 Å². The Labute approximate surface area is 164 Å². The van der Waals surface area contributed by atoms with Crippen molar-refractivity contribution >= 4 is 29.2 Å². The second-order valence-corrected chi connectivity index (χ2v) is 7.59. The summed E-state index contributed by atoms with van der Waals surface area (Å²) in [6.45, 7) is 3.60. The lowest BCUT2D eigenvalue weighted by atomic mass is 9.79. The highest BCUT2D eigenvalue weighted by Crippen LogP contribution is 2.31. The molecule has 0 aromatic heterocycles. The van der Waals surface area contributed by atoms with E-state index in [1.807, 2.05) is 37.3 Å². The molecule has 1 saturated heterocycles. The minimum Gasteiger partial charge on any atom is -0.352 e. The maximum Gasteiger partial charge on any atom is 0.321 e. The summed E-state index contributed by atoms with van der Waals surface area (Å²) in [6, 6.07) is 16.7. The molecule has 0 aliphatic carbocycles. The molecular weight excluding hydrogens is 362 g/mol. The van der Waals surface area contributed by atoms with Crippen LogP contribution < -0.4 is 10.6 Å². The minimum absolute atomic E-state index is 0.0455. The molecule has 3 amide bonds. The van der Waals surface area contributed by atoms with E-state index in [4.69, 9.17) is 11.6 Å². The van der Waals surface area contributed by atoms with Gasteiger partial charge in [-0.1, -0.05) is 48.9 Å². The second kappa shape index (κ2) is 8.44. The maximum absolute atomic E-state index is 12.6. The number of amides is 3. The van der Waals surface area contributed by atoms with Crippen molar-refractivity contribution in [2.75, 3.05) is 18.4 Å². The highest BCUT2D eigenvalue weighted by molar-refractivity contribution is 6.30. The molecule has 6 heteroatoms. The Morgan fingerprint density at radius 1 is 1.04 bits per heavy atom. The fourth-order valence-electron chi connectivity index (χ4n) is 3.16. The van der Waals surface area contributed by atoms with Gasteiger partial charge in [-0.15, -0.1) is 0 Å². The van der Waals surface area contributed by atoms with E-state index in [1.54, 1.807) is 29.2 Å². The predicted octanol–water partition coefficient (Wildman–Crippen LogP) is 4.29. The first-order chi connectivity index (χ1) is 13.0. The first kappa shape index (κ1) is 19.2. The van der Waals surface area contributed by atoms with Crippen molar-refractivity contribution in [3.63, 3.8) is 0 Å². The number of benzene rings is 2. The summed E-state index contributed by atoms with van der Waals surface area (Å²) in [5, 5.41) is 6.53. The molecule has 3 rings (SSSR count). The Balaban J connectivity index is 1.50. The highest BCUT2D eigenvalue weighted by Gasteiger charge is 2.37. The normalized spacial score (nSPS) is 15.9. The number of rotatable bonds is 4. The lowest BCUT2D eigenvalue weighted by molar-refractivity contribution is -0.132. The number of nitrogens with zero attached hydrogens (tertiary/aromatic N) is 1. The van der Waals surface area contributed by atoms with Crippen molar-refractivity contribution in [3.05, 3.63) is 65.2 Å². The summed E-state index contributed by atoms with van der Waals surface area (Å²) in [7, 11) is 0. The third kappa shape index (κ3) is 5.01. The van der Waals surface area contributed by atoms with E-state index in [1.165, 1.54) is 0 Å². The number of carbonyl (C=O) groups excluding carboxylic acids is 2. The molecule has 1 aliphatic heterocycles. The van der Waals surface area contributed by atoms with Crippen LogP contribution in [0, 0.1) is 5.41 Å². The summed E-state index contributed by atoms with van der Waals surface area (Å²) < 4.78 is 0. The summed E-state index contributed by atoms with van der Waals surface area (Å²) >= 11 is 5.86. The first-order valence-electron chi connectivity index (χ1n) is 9.10. The third-order valence-corrected chi connectivity index (χ3v) is 5.35. The SMILES string of the molecule is CC1(C(=O)NCc2ccccc2)CCN(C(=O)Nc2ccc(Cl)cc2)CC1. The number of nitrogens with one attached hydrogen (secondary N) is 2. The van der Waals surface area contributed by atoms with Gasteiger partial charge >= 0.3 is 6.03 Å². The summed E-state index contributed by atoms with van der Waals surface area (Å²) in [6.07, 6.45) is 1.28. The quantitative estimate of drug-likeness (QED) is 0.824. The maximum atomic E-state index is 12.6. The van der Waals surface area contributed by atoms with Gasteiger partial charge in [-0.2, -0.15) is 0 Å². The molecular formula is C21H24ClN3O2. The Morgan fingerprint density at radius 2 is 1.67 bits per heavy atom. The molecule has 142 valence electrons. The standard InChI is InChI=1S/C21H24ClN3O2/c1-21(19(26)23-15-16-5-3-2-4-6-16)11-13-25(14-12-21)20(27)24-18-9-7-17(22)8-10-18/h2-10H,11-15H2,1H3,(H,23,26)(H,24,27). The van der Waals surface area contributed by atoms with Gasteiger partial charge in [0.2, 0.25) is 5.91 Å². The average Bonchev–Trinajstić information content (AvgIpc) is 2.69. The third-order valence-electron chi connectivity index (χ3n) is 5.09. The number of halogens is 1. The molecule has 0 spiro atoms. The molecule has 2 aromatic carbocycles. The molecule has 1 fully saturated rings.